The molecule has 1 N–H and O–H groups in total. The second-order valence-corrected chi connectivity index (χ2v) is 6.78. The molecule has 0 heterocycles. The summed E-state index contributed by atoms with van der Waals surface area (Å²) in [5.41, 5.74) is 0.870. The normalized spacial score (nSPS) is 41.9. The lowest BCUT2D eigenvalue weighted by molar-refractivity contribution is 0.101. The van der Waals surface area contributed by atoms with E-state index in [1.165, 1.54) is 19.3 Å². The number of fused-ring (bicyclic) bond motifs is 2. The summed E-state index contributed by atoms with van der Waals surface area (Å²) in [7, 11) is 0. The van der Waals surface area contributed by atoms with Crippen molar-refractivity contribution in [1.82, 2.24) is 5.32 Å². The topological polar surface area (TPSA) is 35.8 Å². The molecule has 0 aromatic rings. The van der Waals surface area contributed by atoms with Gasteiger partial charge in [-0.15, -0.1) is 0 Å². The Morgan fingerprint density at radius 3 is 2.62 bits per heavy atom. The van der Waals surface area contributed by atoms with Crippen LogP contribution in [0.3, 0.4) is 0 Å². The lowest BCUT2D eigenvalue weighted by Gasteiger charge is -2.44. The van der Waals surface area contributed by atoms with E-state index in [-0.39, 0.29) is 0 Å². The van der Waals surface area contributed by atoms with Crippen LogP contribution in [0.15, 0.2) is 0 Å². The Bertz CT molecular complexity index is 310. The van der Waals surface area contributed by atoms with Gasteiger partial charge in [-0.25, -0.2) is 0 Å². The molecule has 2 heteroatoms. The van der Waals surface area contributed by atoms with E-state index in [0.717, 1.165) is 5.92 Å². The summed E-state index contributed by atoms with van der Waals surface area (Å²) in [5.74, 6) is 0.879. The summed E-state index contributed by atoms with van der Waals surface area (Å²) in [6.07, 6.45) is 4.75. The second-order valence-electron chi connectivity index (χ2n) is 6.78. The lowest BCUT2D eigenvalue weighted by Crippen LogP contribution is -2.53. The monoisotopic (exact) mass is 220 g/mol. The summed E-state index contributed by atoms with van der Waals surface area (Å²) in [6.45, 7) is 9.37. The molecular formula is C14H24N2. The highest BCUT2D eigenvalue weighted by Crippen LogP contribution is 2.62. The predicted molar refractivity (Wildman–Crippen MR) is 65.8 cm³/mol. The Kier molecular flexibility index (Phi) is 2.78. The van der Waals surface area contributed by atoms with Crippen LogP contribution in [-0.2, 0) is 0 Å². The number of hydrogen-bond donors (Lipinski definition) is 1. The van der Waals surface area contributed by atoms with Gasteiger partial charge in [-0.05, 0) is 42.9 Å². The number of nitrogens with one attached hydrogen (secondary N) is 1. The zero-order valence-electron chi connectivity index (χ0n) is 11.0. The average Bonchev–Trinajstić information content (AvgIpc) is 2.64. The van der Waals surface area contributed by atoms with E-state index in [2.05, 4.69) is 39.1 Å². The predicted octanol–water partition coefficient (Wildman–Crippen LogP) is 3.09. The Morgan fingerprint density at radius 1 is 1.44 bits per heavy atom. The molecule has 2 aliphatic carbocycles. The maximum Gasteiger partial charge on any atom is 0.0638 e. The third kappa shape index (κ3) is 1.66. The molecule has 0 aliphatic heterocycles. The molecule has 0 amide bonds. The maximum atomic E-state index is 8.75. The first-order chi connectivity index (χ1) is 7.40. The van der Waals surface area contributed by atoms with Gasteiger partial charge >= 0.3 is 0 Å². The molecule has 90 valence electrons. The van der Waals surface area contributed by atoms with Gasteiger partial charge in [0.15, 0.2) is 0 Å². The molecule has 2 nitrogen and oxygen atoms in total. The van der Waals surface area contributed by atoms with Gasteiger partial charge in [0, 0.05) is 12.1 Å². The van der Waals surface area contributed by atoms with Crippen molar-refractivity contribution in [2.75, 3.05) is 0 Å². The first kappa shape index (κ1) is 11.9. The van der Waals surface area contributed by atoms with Crippen LogP contribution in [0.25, 0.3) is 0 Å². The third-order valence-electron chi connectivity index (χ3n) is 5.12. The van der Waals surface area contributed by atoms with Crippen molar-refractivity contribution in [2.45, 2.75) is 65.5 Å². The van der Waals surface area contributed by atoms with E-state index >= 15 is 0 Å². The molecule has 2 fully saturated rings. The van der Waals surface area contributed by atoms with E-state index in [9.17, 15) is 0 Å². The summed E-state index contributed by atoms with van der Waals surface area (Å²) in [6, 6.07) is 3.17. The van der Waals surface area contributed by atoms with Gasteiger partial charge < -0.3 is 5.32 Å². The van der Waals surface area contributed by atoms with Crippen LogP contribution in [-0.4, -0.2) is 12.1 Å². The van der Waals surface area contributed by atoms with Gasteiger partial charge in [0.1, 0.15) is 0 Å². The lowest BCUT2D eigenvalue weighted by atomic mass is 9.68. The van der Waals surface area contributed by atoms with Crippen LogP contribution in [0.5, 0.6) is 0 Å². The van der Waals surface area contributed by atoms with Gasteiger partial charge in [0.2, 0.25) is 0 Å². The van der Waals surface area contributed by atoms with E-state index in [1.54, 1.807) is 0 Å². The maximum absolute atomic E-state index is 8.75. The molecule has 4 unspecified atom stereocenters. The first-order valence-corrected chi connectivity index (χ1v) is 6.53. The molecular weight excluding hydrogens is 196 g/mol. The molecule has 2 saturated carbocycles. The average molecular weight is 220 g/mol. The minimum atomic E-state index is 0.324. The standard InChI is InChI=1S/C14H24N2/c1-10(6-8-15)16-12-13(2,3)11-5-7-14(12,4)9-11/h10-12,16H,5-7,9H2,1-4H3. The quantitative estimate of drug-likeness (QED) is 0.793. The van der Waals surface area contributed by atoms with Crippen LogP contribution in [0.1, 0.15) is 53.4 Å². The van der Waals surface area contributed by atoms with Crippen LogP contribution >= 0.6 is 0 Å². The fourth-order valence-electron chi connectivity index (χ4n) is 4.20. The van der Waals surface area contributed by atoms with Crippen molar-refractivity contribution in [3.63, 3.8) is 0 Å². The number of rotatable bonds is 3. The molecule has 16 heavy (non-hydrogen) atoms. The first-order valence-electron chi connectivity index (χ1n) is 6.53. The van der Waals surface area contributed by atoms with E-state index in [1.807, 2.05) is 0 Å². The van der Waals surface area contributed by atoms with Crippen molar-refractivity contribution in [1.29, 1.82) is 5.26 Å². The Balaban J connectivity index is 2.11. The molecule has 0 aromatic heterocycles. The smallest absolute Gasteiger partial charge is 0.0638 e. The van der Waals surface area contributed by atoms with E-state index in [4.69, 9.17) is 5.26 Å². The largest absolute Gasteiger partial charge is 0.309 e. The van der Waals surface area contributed by atoms with Gasteiger partial charge in [-0.2, -0.15) is 5.26 Å². The number of nitriles is 1. The fourth-order valence-corrected chi connectivity index (χ4v) is 4.20. The highest BCUT2D eigenvalue weighted by Gasteiger charge is 2.59. The molecule has 0 radical (unpaired) electrons. The van der Waals surface area contributed by atoms with Crippen LogP contribution in [0.2, 0.25) is 0 Å². The van der Waals surface area contributed by atoms with E-state index < -0.39 is 0 Å². The van der Waals surface area contributed by atoms with Crippen LogP contribution < -0.4 is 5.32 Å². The Labute approximate surface area is 99.4 Å². The molecule has 0 saturated heterocycles. The highest BCUT2D eigenvalue weighted by atomic mass is 15.0. The summed E-state index contributed by atoms with van der Waals surface area (Å²) in [4.78, 5) is 0. The number of nitrogens with zero attached hydrogens (tertiary/aromatic N) is 1. The zero-order chi connectivity index (χ0) is 12.0. The Morgan fingerprint density at radius 2 is 2.12 bits per heavy atom. The minimum absolute atomic E-state index is 0.324. The van der Waals surface area contributed by atoms with Gasteiger partial charge in [0.25, 0.3) is 0 Å². The van der Waals surface area contributed by atoms with E-state index in [0.29, 0.717) is 29.3 Å². The van der Waals surface area contributed by atoms with Crippen molar-refractivity contribution in [3.8, 4) is 6.07 Å². The molecule has 0 aromatic carbocycles. The molecule has 2 bridgehead atoms. The SMILES string of the molecule is CC(CC#N)NC1C2(C)CCC(C2)C1(C)C. The second kappa shape index (κ2) is 3.74. The molecule has 2 rings (SSSR count). The van der Waals surface area contributed by atoms with Gasteiger partial charge in [-0.3, -0.25) is 0 Å². The van der Waals surface area contributed by atoms with Crippen molar-refractivity contribution >= 4 is 0 Å². The Hall–Kier alpha value is -0.550. The summed E-state index contributed by atoms with van der Waals surface area (Å²) < 4.78 is 0. The van der Waals surface area contributed by atoms with Crippen molar-refractivity contribution in [2.24, 2.45) is 16.7 Å². The third-order valence-corrected chi connectivity index (χ3v) is 5.12. The van der Waals surface area contributed by atoms with Crippen molar-refractivity contribution in [3.05, 3.63) is 0 Å². The van der Waals surface area contributed by atoms with Crippen LogP contribution in [0, 0.1) is 28.1 Å². The fraction of sp³-hybridized carbons (Fsp3) is 0.929. The van der Waals surface area contributed by atoms with Gasteiger partial charge in [-0.1, -0.05) is 20.8 Å². The van der Waals surface area contributed by atoms with Crippen molar-refractivity contribution < 1.29 is 0 Å². The minimum Gasteiger partial charge on any atom is -0.309 e. The highest BCUT2D eigenvalue weighted by molar-refractivity contribution is 5.12. The zero-order valence-corrected chi connectivity index (χ0v) is 11.0. The van der Waals surface area contributed by atoms with Gasteiger partial charge in [0.05, 0.1) is 12.5 Å². The molecule has 0 spiro atoms. The number of hydrogen-bond acceptors (Lipinski definition) is 2. The summed E-state index contributed by atoms with van der Waals surface area (Å²) >= 11 is 0. The molecule has 2 aliphatic rings. The summed E-state index contributed by atoms with van der Waals surface area (Å²) in [5, 5.41) is 12.5. The van der Waals surface area contributed by atoms with Crippen LogP contribution in [0.4, 0.5) is 0 Å². The molecule has 4 atom stereocenters.